The molecular weight excluding hydrogens is 222 g/mol. The van der Waals surface area contributed by atoms with E-state index in [0.717, 1.165) is 17.4 Å². The lowest BCUT2D eigenvalue weighted by atomic mass is 9.84. The summed E-state index contributed by atoms with van der Waals surface area (Å²) in [6.07, 6.45) is 7.04. The van der Waals surface area contributed by atoms with Gasteiger partial charge in [-0.15, -0.1) is 0 Å². The maximum absolute atomic E-state index is 5.62. The summed E-state index contributed by atoms with van der Waals surface area (Å²) >= 11 is 0. The Bertz CT molecular complexity index is 376. The van der Waals surface area contributed by atoms with Crippen molar-refractivity contribution in [1.82, 2.24) is 5.32 Å². The summed E-state index contributed by atoms with van der Waals surface area (Å²) in [5, 5.41) is 3.76. The fraction of sp³-hybridized carbons (Fsp3) is 0.750. The minimum atomic E-state index is 0.388. The first-order chi connectivity index (χ1) is 8.58. The molecule has 2 heteroatoms. The maximum atomic E-state index is 5.62. The zero-order valence-corrected chi connectivity index (χ0v) is 12.3. The first-order valence-corrected chi connectivity index (χ1v) is 7.41. The molecule has 0 radical (unpaired) electrons. The molecule has 1 aliphatic rings. The van der Waals surface area contributed by atoms with Gasteiger partial charge < -0.3 is 9.73 Å². The van der Waals surface area contributed by atoms with Gasteiger partial charge in [0.2, 0.25) is 0 Å². The highest BCUT2D eigenvalue weighted by molar-refractivity contribution is 5.23. The first kappa shape index (κ1) is 13.7. The van der Waals surface area contributed by atoms with E-state index in [1.807, 2.05) is 6.92 Å². The molecule has 1 unspecified atom stereocenters. The van der Waals surface area contributed by atoms with Crippen LogP contribution in [0.2, 0.25) is 0 Å². The van der Waals surface area contributed by atoms with Gasteiger partial charge in [-0.05, 0) is 52.5 Å². The highest BCUT2D eigenvalue weighted by Crippen LogP contribution is 2.28. The molecule has 102 valence electrons. The number of nitrogens with one attached hydrogen (secondary N) is 1. The second-order valence-electron chi connectivity index (χ2n) is 5.94. The van der Waals surface area contributed by atoms with Crippen molar-refractivity contribution < 1.29 is 4.42 Å². The van der Waals surface area contributed by atoms with Gasteiger partial charge in [-0.25, -0.2) is 0 Å². The van der Waals surface area contributed by atoms with Gasteiger partial charge in [0.25, 0.3) is 0 Å². The fourth-order valence-corrected chi connectivity index (χ4v) is 3.33. The molecule has 1 fully saturated rings. The molecule has 2 rings (SSSR count). The van der Waals surface area contributed by atoms with Crippen molar-refractivity contribution in [1.29, 1.82) is 0 Å². The van der Waals surface area contributed by atoms with Crippen LogP contribution >= 0.6 is 0 Å². The van der Waals surface area contributed by atoms with Gasteiger partial charge in [0, 0.05) is 17.6 Å². The molecule has 1 aromatic heterocycles. The van der Waals surface area contributed by atoms with Crippen molar-refractivity contribution in [2.75, 3.05) is 0 Å². The predicted octanol–water partition coefficient (Wildman–Crippen LogP) is 4.52. The van der Waals surface area contributed by atoms with Crippen molar-refractivity contribution in [3.8, 4) is 0 Å². The summed E-state index contributed by atoms with van der Waals surface area (Å²) < 4.78 is 5.62. The zero-order chi connectivity index (χ0) is 13.1. The maximum Gasteiger partial charge on any atom is 0.105 e. The predicted molar refractivity (Wildman–Crippen MR) is 75.8 cm³/mol. The average Bonchev–Trinajstić information content (AvgIpc) is 2.69. The van der Waals surface area contributed by atoms with E-state index in [0.29, 0.717) is 12.1 Å². The van der Waals surface area contributed by atoms with Crippen molar-refractivity contribution in [3.63, 3.8) is 0 Å². The Morgan fingerprint density at radius 1 is 1.17 bits per heavy atom. The average molecular weight is 249 g/mol. The normalized spacial score (nSPS) is 20.9. The summed E-state index contributed by atoms with van der Waals surface area (Å²) in [4.78, 5) is 0. The molecule has 0 aromatic carbocycles. The molecule has 2 atom stereocenters. The van der Waals surface area contributed by atoms with E-state index >= 15 is 0 Å². The van der Waals surface area contributed by atoms with Gasteiger partial charge >= 0.3 is 0 Å². The topological polar surface area (TPSA) is 25.2 Å². The second-order valence-corrected chi connectivity index (χ2v) is 5.94. The number of hydrogen-bond acceptors (Lipinski definition) is 2. The number of aryl methyl sites for hydroxylation is 2. The third-order valence-corrected chi connectivity index (χ3v) is 4.42. The molecule has 1 N–H and O–H groups in total. The van der Waals surface area contributed by atoms with Crippen LogP contribution in [0.4, 0.5) is 0 Å². The SMILES string of the molecule is Cc1cc(C(C)N[C@H](C)C2CCCCC2)c(C)o1. The first-order valence-electron chi connectivity index (χ1n) is 7.41. The molecule has 1 heterocycles. The van der Waals surface area contributed by atoms with Crippen LogP contribution in [-0.4, -0.2) is 6.04 Å². The van der Waals surface area contributed by atoms with Gasteiger partial charge in [-0.3, -0.25) is 0 Å². The van der Waals surface area contributed by atoms with Crippen LogP contribution in [0.25, 0.3) is 0 Å². The number of furan rings is 1. The lowest BCUT2D eigenvalue weighted by Crippen LogP contribution is -2.36. The molecule has 18 heavy (non-hydrogen) atoms. The largest absolute Gasteiger partial charge is 0.466 e. The fourth-order valence-electron chi connectivity index (χ4n) is 3.33. The van der Waals surface area contributed by atoms with E-state index < -0.39 is 0 Å². The van der Waals surface area contributed by atoms with E-state index in [1.54, 1.807) is 0 Å². The van der Waals surface area contributed by atoms with Gasteiger partial charge in [0.05, 0.1) is 0 Å². The monoisotopic (exact) mass is 249 g/mol. The smallest absolute Gasteiger partial charge is 0.105 e. The third kappa shape index (κ3) is 3.17. The number of hydrogen-bond donors (Lipinski definition) is 1. The Kier molecular flexibility index (Phi) is 4.50. The third-order valence-electron chi connectivity index (χ3n) is 4.42. The molecule has 1 saturated carbocycles. The Hall–Kier alpha value is -0.760. The van der Waals surface area contributed by atoms with E-state index in [-0.39, 0.29) is 0 Å². The Balaban J connectivity index is 1.93. The standard InChI is InChI=1S/C16H27NO/c1-11-10-16(14(4)18-11)13(3)17-12(2)15-8-6-5-7-9-15/h10,12-13,15,17H,5-9H2,1-4H3/t12-,13?/m1/s1. The van der Waals surface area contributed by atoms with E-state index in [9.17, 15) is 0 Å². The Morgan fingerprint density at radius 2 is 1.83 bits per heavy atom. The summed E-state index contributed by atoms with van der Waals surface area (Å²) in [5.41, 5.74) is 1.31. The van der Waals surface area contributed by atoms with Crippen molar-refractivity contribution in [3.05, 3.63) is 23.2 Å². The molecule has 1 aliphatic carbocycles. The van der Waals surface area contributed by atoms with Crippen LogP contribution in [0.3, 0.4) is 0 Å². The summed E-state index contributed by atoms with van der Waals surface area (Å²) in [7, 11) is 0. The molecule has 0 amide bonds. The van der Waals surface area contributed by atoms with E-state index in [2.05, 4.69) is 32.2 Å². The van der Waals surface area contributed by atoms with Crippen LogP contribution in [0, 0.1) is 19.8 Å². The van der Waals surface area contributed by atoms with E-state index in [1.165, 1.54) is 37.7 Å². The van der Waals surface area contributed by atoms with Crippen LogP contribution in [-0.2, 0) is 0 Å². The second kappa shape index (κ2) is 5.92. The van der Waals surface area contributed by atoms with Crippen LogP contribution < -0.4 is 5.32 Å². The van der Waals surface area contributed by atoms with E-state index in [4.69, 9.17) is 4.42 Å². The summed E-state index contributed by atoms with van der Waals surface area (Å²) in [5.74, 6) is 2.93. The van der Waals surface area contributed by atoms with Crippen LogP contribution in [0.1, 0.15) is 69.1 Å². The van der Waals surface area contributed by atoms with Gasteiger partial charge in [-0.2, -0.15) is 0 Å². The van der Waals surface area contributed by atoms with Gasteiger partial charge in [-0.1, -0.05) is 19.3 Å². The lowest BCUT2D eigenvalue weighted by Gasteiger charge is -2.30. The number of rotatable bonds is 4. The van der Waals surface area contributed by atoms with Gasteiger partial charge in [0.1, 0.15) is 11.5 Å². The van der Waals surface area contributed by atoms with Gasteiger partial charge in [0.15, 0.2) is 0 Å². The lowest BCUT2D eigenvalue weighted by molar-refractivity contribution is 0.267. The zero-order valence-electron chi connectivity index (χ0n) is 12.3. The molecule has 0 saturated heterocycles. The van der Waals surface area contributed by atoms with Crippen molar-refractivity contribution in [2.45, 2.75) is 71.9 Å². The molecule has 2 nitrogen and oxygen atoms in total. The summed E-state index contributed by atoms with van der Waals surface area (Å²) in [6, 6.07) is 3.16. The molecule has 0 aliphatic heterocycles. The molecule has 1 aromatic rings. The Labute approximate surface area is 111 Å². The molecule has 0 spiro atoms. The quantitative estimate of drug-likeness (QED) is 0.849. The Morgan fingerprint density at radius 3 is 2.39 bits per heavy atom. The van der Waals surface area contributed by atoms with Crippen LogP contribution in [0.15, 0.2) is 10.5 Å². The highest BCUT2D eigenvalue weighted by atomic mass is 16.3. The minimum absolute atomic E-state index is 0.388. The van der Waals surface area contributed by atoms with Crippen LogP contribution in [0.5, 0.6) is 0 Å². The molecule has 0 bridgehead atoms. The van der Waals surface area contributed by atoms with Crippen molar-refractivity contribution in [2.24, 2.45) is 5.92 Å². The minimum Gasteiger partial charge on any atom is -0.466 e. The highest BCUT2D eigenvalue weighted by Gasteiger charge is 2.22. The van der Waals surface area contributed by atoms with Crippen molar-refractivity contribution >= 4 is 0 Å². The summed E-state index contributed by atoms with van der Waals surface area (Å²) in [6.45, 7) is 8.67. The molecular formula is C16H27NO.